The number of rotatable bonds is 30. The molecule has 0 saturated heterocycles. The third kappa shape index (κ3) is 13.5. The van der Waals surface area contributed by atoms with E-state index in [2.05, 4.69) is 605 Å². The Morgan fingerprint density at radius 1 is 0.100 bits per heavy atom. The first-order valence-electron chi connectivity index (χ1n) is 46.3. The van der Waals surface area contributed by atoms with Crippen LogP contribution < -0.4 is 93.4 Å². The molecule has 0 bridgehead atoms. The normalized spacial score (nSPS) is 12.9. The summed E-state index contributed by atoms with van der Waals surface area (Å²) in [4.78, 5) is 0. The molecule has 0 nitrogen and oxygen atoms in total. The van der Waals surface area contributed by atoms with Crippen LogP contribution in [0.4, 0.5) is 0 Å². The van der Waals surface area contributed by atoms with Crippen LogP contribution in [0.25, 0.3) is 0 Å². The molecule has 0 unspecified atom stereocenters. The standard InChI is InChI=1S/3C40H39Si3.Cr/c3*1-41(34-22-10-4-11-23-34,35-24-12-5-13-25-35)40(42(2,36-26-14-6-15-27-36)37-28-16-7-17-29-37)43(3,38-30-18-8-19-31-38)39-32-20-9-21-33-39;/h3*4-33H,1-3H3;. The Labute approximate surface area is 787 Å². The first kappa shape index (κ1) is 89.1. The third-order valence-corrected chi connectivity index (χ3v) is 126. The van der Waals surface area contributed by atoms with Gasteiger partial charge >= 0.3 is 795 Å². The van der Waals surface area contributed by atoms with Gasteiger partial charge in [-0.3, -0.25) is 0 Å². The molecule has 18 aromatic carbocycles. The second-order valence-corrected chi connectivity index (χ2v) is 88.1. The Hall–Kier alpha value is -11.6. The Morgan fingerprint density at radius 2 is 0.154 bits per heavy atom. The molecule has 0 fully saturated rings. The van der Waals surface area contributed by atoms with Gasteiger partial charge in [-0.05, 0) is 0 Å². The van der Waals surface area contributed by atoms with Crippen LogP contribution in [0.1, 0.15) is 0 Å². The zero-order chi connectivity index (χ0) is 89.6. The van der Waals surface area contributed by atoms with E-state index in [9.17, 15) is 0 Å². The van der Waals surface area contributed by atoms with Gasteiger partial charge in [0.05, 0.1) is 0 Å². The van der Waals surface area contributed by atoms with E-state index in [1.165, 1.54) is 93.4 Å². The average molecular weight is 1860 g/mol. The molecule has 130 heavy (non-hydrogen) atoms. The van der Waals surface area contributed by atoms with Crippen molar-refractivity contribution in [1.29, 1.82) is 0 Å². The van der Waals surface area contributed by atoms with Crippen molar-refractivity contribution in [2.45, 2.75) is 68.4 Å². The van der Waals surface area contributed by atoms with E-state index in [0.717, 1.165) is 0 Å². The fourth-order valence-corrected chi connectivity index (χ4v) is 159. The van der Waals surface area contributed by atoms with Crippen molar-refractivity contribution in [2.24, 2.45) is 0 Å². The van der Waals surface area contributed by atoms with Gasteiger partial charge in [0, 0.05) is 0 Å². The topological polar surface area (TPSA) is 0 Å². The van der Waals surface area contributed by atoms with Crippen LogP contribution in [-0.4, -0.2) is 72.7 Å². The van der Waals surface area contributed by atoms with Gasteiger partial charge in [-0.15, -0.1) is 0 Å². The third-order valence-electron chi connectivity index (χ3n) is 31.6. The van der Waals surface area contributed by atoms with Crippen molar-refractivity contribution in [1.82, 2.24) is 0 Å². The monoisotopic (exact) mass is 1860 g/mol. The van der Waals surface area contributed by atoms with E-state index in [-0.39, 0.29) is 0 Å². The SMILES string of the molecule is C[Si](c1ccccc1)(c1ccccc1)[C]([Cr]([C]([Si](C)(c1ccccc1)c1ccccc1)([Si](C)(c1ccccc1)c1ccccc1)[Si](C)(c1ccccc1)c1ccccc1)[C]([Si](C)(c1ccccc1)c1ccccc1)([Si](C)(c1ccccc1)c1ccccc1)[Si](C)(c1ccccc1)c1ccccc1)([Si](C)(c1ccccc1)c1ccccc1)[Si](C)(c1ccccc1)c1ccccc1. The molecular formula is C120H117CrSi9. The fourth-order valence-electron chi connectivity index (χ4n) is 26.1. The van der Waals surface area contributed by atoms with Gasteiger partial charge < -0.3 is 0 Å². The molecule has 10 heteroatoms. The molecule has 18 aromatic rings. The summed E-state index contributed by atoms with van der Waals surface area (Å²) >= 11 is -4.21. The van der Waals surface area contributed by atoms with E-state index in [0.29, 0.717) is 0 Å². The second-order valence-electron chi connectivity index (χ2n) is 37.1. The fraction of sp³-hybridized carbons (Fsp3) is 0.100. The summed E-state index contributed by atoms with van der Waals surface area (Å²) in [6, 6.07) is 231. The maximum absolute atomic E-state index is 4.44. The van der Waals surface area contributed by atoms with Crippen molar-refractivity contribution < 1.29 is 14.1 Å². The van der Waals surface area contributed by atoms with Crippen LogP contribution in [0.3, 0.4) is 0 Å². The number of hydrogen-bond acceptors (Lipinski definition) is 0. The molecular weight excluding hydrogens is 1750 g/mol. The van der Waals surface area contributed by atoms with Gasteiger partial charge in [-0.2, -0.15) is 0 Å². The minimum atomic E-state index is -4.44. The Kier molecular flexibility index (Phi) is 25.4. The van der Waals surface area contributed by atoms with Crippen LogP contribution in [0.2, 0.25) is 68.4 Å². The molecule has 0 N–H and O–H groups in total. The molecule has 0 saturated carbocycles. The van der Waals surface area contributed by atoms with E-state index >= 15 is 0 Å². The molecule has 0 amide bonds. The van der Waals surface area contributed by atoms with Gasteiger partial charge in [0.2, 0.25) is 0 Å². The van der Waals surface area contributed by atoms with Gasteiger partial charge in [-0.1, -0.05) is 0 Å². The van der Waals surface area contributed by atoms with Crippen LogP contribution >= 0.6 is 0 Å². The van der Waals surface area contributed by atoms with E-state index in [1.54, 1.807) is 0 Å². The molecule has 0 heterocycles. The Bertz CT molecular complexity index is 5030. The summed E-state index contributed by atoms with van der Waals surface area (Å²) in [7, 11) is -39.9. The summed E-state index contributed by atoms with van der Waals surface area (Å²) in [5.41, 5.74) is 0. The Balaban J connectivity index is 1.44. The summed E-state index contributed by atoms with van der Waals surface area (Å²) < 4.78 is -2.95. The number of hydrogen-bond donors (Lipinski definition) is 0. The first-order valence-corrected chi connectivity index (χ1v) is 70.7. The van der Waals surface area contributed by atoms with Crippen molar-refractivity contribution in [2.75, 3.05) is 0 Å². The van der Waals surface area contributed by atoms with E-state index in [1.807, 2.05) is 0 Å². The van der Waals surface area contributed by atoms with Crippen LogP contribution in [0.15, 0.2) is 546 Å². The van der Waals surface area contributed by atoms with Crippen molar-refractivity contribution in [3.05, 3.63) is 546 Å². The van der Waals surface area contributed by atoms with Crippen LogP contribution in [-0.2, 0) is 14.1 Å². The van der Waals surface area contributed by atoms with Crippen molar-refractivity contribution in [3.8, 4) is 0 Å². The van der Waals surface area contributed by atoms with Crippen LogP contribution in [0, 0.1) is 0 Å². The predicted molar refractivity (Wildman–Crippen MR) is 582 cm³/mol. The zero-order valence-electron chi connectivity index (χ0n) is 76.4. The zero-order valence-corrected chi connectivity index (χ0v) is 86.6. The second kappa shape index (κ2) is 37.0. The maximum atomic E-state index is 3.13. The Morgan fingerprint density at radius 3 is 0.208 bits per heavy atom. The molecule has 0 aliphatic rings. The molecule has 0 spiro atoms. The first-order chi connectivity index (χ1) is 63.5. The van der Waals surface area contributed by atoms with Crippen molar-refractivity contribution in [3.63, 3.8) is 0 Å². The molecule has 0 radical (unpaired) electrons. The summed E-state index contributed by atoms with van der Waals surface area (Å²) in [5, 5.41) is 26.4. The van der Waals surface area contributed by atoms with Gasteiger partial charge in [0.25, 0.3) is 0 Å². The molecule has 0 atom stereocenters. The quantitative estimate of drug-likeness (QED) is 0.0394. The number of benzene rings is 18. The summed E-state index contributed by atoms with van der Waals surface area (Å²) in [6.07, 6.45) is 0. The summed E-state index contributed by atoms with van der Waals surface area (Å²) in [5.74, 6) is 0. The van der Waals surface area contributed by atoms with E-state index in [4.69, 9.17) is 0 Å². The molecule has 0 aliphatic heterocycles. The molecule has 0 aromatic heterocycles. The van der Waals surface area contributed by atoms with Gasteiger partial charge in [0.15, 0.2) is 0 Å². The molecule has 0 aliphatic carbocycles. The minimum absolute atomic E-state index is 0.984. The van der Waals surface area contributed by atoms with Crippen molar-refractivity contribution >= 4 is 166 Å². The van der Waals surface area contributed by atoms with Gasteiger partial charge in [0.1, 0.15) is 0 Å². The van der Waals surface area contributed by atoms with E-state index < -0.39 is 96.3 Å². The van der Waals surface area contributed by atoms with Crippen LogP contribution in [0.5, 0.6) is 0 Å². The average Bonchev–Trinajstić information content (AvgIpc) is 0.605. The predicted octanol–water partition coefficient (Wildman–Crippen LogP) is 18.0. The summed E-state index contributed by atoms with van der Waals surface area (Å²) in [6.45, 7) is 28.2. The molecule has 639 valence electrons. The molecule has 18 rings (SSSR count). The van der Waals surface area contributed by atoms with Gasteiger partial charge in [-0.25, -0.2) is 0 Å².